The van der Waals surface area contributed by atoms with Crippen LogP contribution in [0.3, 0.4) is 0 Å². The van der Waals surface area contributed by atoms with Gasteiger partial charge in [-0.05, 0) is 50.9 Å². The highest BCUT2D eigenvalue weighted by Crippen LogP contribution is 2.48. The van der Waals surface area contributed by atoms with E-state index < -0.39 is 0 Å². The van der Waals surface area contributed by atoms with Gasteiger partial charge in [-0.3, -0.25) is 0 Å². The summed E-state index contributed by atoms with van der Waals surface area (Å²) in [6.45, 7) is 6.14. The minimum absolute atomic E-state index is 0.854. The molecule has 2 aliphatic rings. The molecular formula is C15H26N4. The summed E-state index contributed by atoms with van der Waals surface area (Å²) in [5.74, 6) is 3.96. The van der Waals surface area contributed by atoms with E-state index in [4.69, 9.17) is 5.73 Å². The largest absolute Gasteiger partial charge is 0.394 e. The lowest BCUT2D eigenvalue weighted by Gasteiger charge is -2.29. The van der Waals surface area contributed by atoms with E-state index >= 15 is 0 Å². The molecule has 2 saturated carbocycles. The fraction of sp³-hybridized carbons (Fsp3) is 0.800. The molecule has 4 nitrogen and oxygen atoms in total. The van der Waals surface area contributed by atoms with E-state index in [0.717, 1.165) is 48.0 Å². The van der Waals surface area contributed by atoms with Crippen molar-refractivity contribution in [3.8, 4) is 0 Å². The molecule has 0 saturated heterocycles. The Morgan fingerprint density at radius 3 is 2.74 bits per heavy atom. The molecular weight excluding hydrogens is 236 g/mol. The third kappa shape index (κ3) is 2.11. The van der Waals surface area contributed by atoms with E-state index in [1.54, 1.807) is 0 Å². The summed E-state index contributed by atoms with van der Waals surface area (Å²) in [7, 11) is 2.17. The molecule has 2 aliphatic carbocycles. The molecule has 4 heteroatoms. The van der Waals surface area contributed by atoms with Crippen molar-refractivity contribution in [3.05, 3.63) is 5.69 Å². The van der Waals surface area contributed by atoms with Crippen LogP contribution in [0, 0.1) is 24.7 Å². The number of anilines is 2. The first-order chi connectivity index (χ1) is 9.10. The number of hydrogen-bond acceptors (Lipinski definition) is 3. The van der Waals surface area contributed by atoms with Gasteiger partial charge >= 0.3 is 0 Å². The van der Waals surface area contributed by atoms with Crippen molar-refractivity contribution in [1.29, 1.82) is 0 Å². The van der Waals surface area contributed by atoms with Gasteiger partial charge in [0.1, 0.15) is 5.82 Å². The van der Waals surface area contributed by atoms with Gasteiger partial charge in [0.25, 0.3) is 0 Å². The van der Waals surface area contributed by atoms with Crippen LogP contribution in [0.25, 0.3) is 0 Å². The fourth-order valence-electron chi connectivity index (χ4n) is 4.24. The second kappa shape index (κ2) is 4.73. The van der Waals surface area contributed by atoms with Crippen molar-refractivity contribution in [2.75, 3.05) is 24.2 Å². The monoisotopic (exact) mass is 262 g/mol. The number of hydrogen-bond donors (Lipinski definition) is 1. The summed E-state index contributed by atoms with van der Waals surface area (Å²) in [6.07, 6.45) is 5.82. The average molecular weight is 262 g/mol. The van der Waals surface area contributed by atoms with Crippen molar-refractivity contribution in [2.45, 2.75) is 46.1 Å². The Hall–Kier alpha value is -1.19. The fourth-order valence-corrected chi connectivity index (χ4v) is 4.24. The Morgan fingerprint density at radius 2 is 2.16 bits per heavy atom. The van der Waals surface area contributed by atoms with Crippen LogP contribution in [0.15, 0.2) is 0 Å². The number of nitrogens with zero attached hydrogens (tertiary/aromatic N) is 3. The van der Waals surface area contributed by atoms with Gasteiger partial charge in [0.2, 0.25) is 0 Å². The van der Waals surface area contributed by atoms with Gasteiger partial charge in [-0.15, -0.1) is 0 Å². The van der Waals surface area contributed by atoms with Crippen LogP contribution >= 0.6 is 0 Å². The van der Waals surface area contributed by atoms with Gasteiger partial charge in [-0.2, -0.15) is 5.10 Å². The zero-order valence-corrected chi connectivity index (χ0v) is 12.4. The molecule has 106 valence electrons. The Bertz CT molecular complexity index is 465. The highest BCUT2D eigenvalue weighted by molar-refractivity contribution is 5.65. The number of aryl methyl sites for hydroxylation is 2. The van der Waals surface area contributed by atoms with Crippen LogP contribution < -0.4 is 10.6 Å². The van der Waals surface area contributed by atoms with Crippen molar-refractivity contribution >= 4 is 11.5 Å². The van der Waals surface area contributed by atoms with E-state index in [0.29, 0.717) is 0 Å². The summed E-state index contributed by atoms with van der Waals surface area (Å²) in [6, 6.07) is 0. The normalized spacial score (nSPS) is 29.1. The molecule has 3 unspecified atom stereocenters. The van der Waals surface area contributed by atoms with Crippen molar-refractivity contribution in [3.63, 3.8) is 0 Å². The quantitative estimate of drug-likeness (QED) is 0.907. The van der Waals surface area contributed by atoms with E-state index in [9.17, 15) is 0 Å². The number of fused-ring (bicyclic) bond motifs is 2. The lowest BCUT2D eigenvalue weighted by Crippen LogP contribution is -2.30. The Morgan fingerprint density at radius 1 is 1.37 bits per heavy atom. The summed E-state index contributed by atoms with van der Waals surface area (Å²) >= 11 is 0. The maximum Gasteiger partial charge on any atom is 0.150 e. The summed E-state index contributed by atoms with van der Waals surface area (Å²) in [4.78, 5) is 2.34. The maximum atomic E-state index is 6.21. The van der Waals surface area contributed by atoms with E-state index in [1.165, 1.54) is 25.7 Å². The molecule has 2 fully saturated rings. The first-order valence-corrected chi connectivity index (χ1v) is 7.64. The molecule has 19 heavy (non-hydrogen) atoms. The van der Waals surface area contributed by atoms with Gasteiger partial charge in [-0.25, -0.2) is 4.68 Å². The van der Waals surface area contributed by atoms with E-state index in [-0.39, 0.29) is 0 Å². The molecule has 0 aromatic carbocycles. The predicted molar refractivity (Wildman–Crippen MR) is 79.3 cm³/mol. The van der Waals surface area contributed by atoms with Crippen molar-refractivity contribution in [2.24, 2.45) is 17.8 Å². The van der Waals surface area contributed by atoms with Crippen LogP contribution in [-0.4, -0.2) is 23.4 Å². The van der Waals surface area contributed by atoms with Crippen LogP contribution in [-0.2, 0) is 6.54 Å². The van der Waals surface area contributed by atoms with Gasteiger partial charge in [0.05, 0.1) is 11.4 Å². The third-order valence-electron chi connectivity index (χ3n) is 5.20. The Kier molecular flexibility index (Phi) is 3.19. The van der Waals surface area contributed by atoms with Gasteiger partial charge in [0.15, 0.2) is 0 Å². The van der Waals surface area contributed by atoms with Crippen LogP contribution in [0.2, 0.25) is 0 Å². The van der Waals surface area contributed by atoms with E-state index in [2.05, 4.69) is 24.0 Å². The SMILES string of the molecule is CCn1nc(C)c(N)c1N(C)CC1CC2CCC1C2. The zero-order chi connectivity index (χ0) is 13.6. The van der Waals surface area contributed by atoms with Gasteiger partial charge in [0, 0.05) is 20.1 Å². The Balaban J connectivity index is 1.75. The van der Waals surface area contributed by atoms with E-state index in [1.807, 2.05) is 11.6 Å². The van der Waals surface area contributed by atoms with Crippen molar-refractivity contribution < 1.29 is 0 Å². The highest BCUT2D eigenvalue weighted by atomic mass is 15.4. The minimum atomic E-state index is 0.854. The maximum absolute atomic E-state index is 6.21. The lowest BCUT2D eigenvalue weighted by atomic mass is 9.88. The first kappa shape index (κ1) is 12.8. The zero-order valence-electron chi connectivity index (χ0n) is 12.4. The number of rotatable bonds is 4. The molecule has 0 spiro atoms. The van der Waals surface area contributed by atoms with Crippen LogP contribution in [0.1, 0.15) is 38.3 Å². The number of aromatic nitrogens is 2. The average Bonchev–Trinajstić information content (AvgIpc) is 3.05. The second-order valence-electron chi connectivity index (χ2n) is 6.45. The topological polar surface area (TPSA) is 47.1 Å². The second-order valence-corrected chi connectivity index (χ2v) is 6.45. The molecule has 0 aliphatic heterocycles. The molecule has 2 N–H and O–H groups in total. The molecule has 3 rings (SSSR count). The smallest absolute Gasteiger partial charge is 0.150 e. The Labute approximate surface area is 116 Å². The van der Waals surface area contributed by atoms with Crippen LogP contribution in [0.4, 0.5) is 11.5 Å². The molecule has 3 atom stereocenters. The van der Waals surface area contributed by atoms with Crippen LogP contribution in [0.5, 0.6) is 0 Å². The lowest BCUT2D eigenvalue weighted by molar-refractivity contribution is 0.336. The van der Waals surface area contributed by atoms with Gasteiger partial charge < -0.3 is 10.6 Å². The summed E-state index contributed by atoms with van der Waals surface area (Å²) in [5.41, 5.74) is 8.01. The molecule has 1 heterocycles. The third-order valence-corrected chi connectivity index (χ3v) is 5.20. The predicted octanol–water partition coefficient (Wildman–Crippen LogP) is 2.67. The first-order valence-electron chi connectivity index (χ1n) is 7.64. The minimum Gasteiger partial charge on any atom is -0.394 e. The summed E-state index contributed by atoms with van der Waals surface area (Å²) in [5, 5.41) is 4.52. The number of nitrogens with two attached hydrogens (primary N) is 1. The van der Waals surface area contributed by atoms with Gasteiger partial charge in [-0.1, -0.05) is 6.42 Å². The highest BCUT2D eigenvalue weighted by Gasteiger charge is 2.40. The molecule has 2 bridgehead atoms. The molecule has 1 aromatic rings. The molecule has 1 aromatic heterocycles. The molecule has 0 radical (unpaired) electrons. The molecule has 0 amide bonds. The standard InChI is InChI=1S/C15H26N4/c1-4-19-15(14(16)10(2)17-19)18(3)9-13-8-11-5-6-12(13)7-11/h11-13H,4-9,16H2,1-3H3. The summed E-state index contributed by atoms with van der Waals surface area (Å²) < 4.78 is 2.04. The number of nitrogen functional groups attached to an aromatic ring is 1. The van der Waals surface area contributed by atoms with Crippen molar-refractivity contribution in [1.82, 2.24) is 9.78 Å².